The molecule has 0 spiro atoms. The monoisotopic (exact) mass is 293 g/mol. The van der Waals surface area contributed by atoms with E-state index in [1.165, 1.54) is 18.2 Å². The highest BCUT2D eigenvalue weighted by atomic mass is 19.1. The lowest BCUT2D eigenvalue weighted by Crippen LogP contribution is -2.28. The second kappa shape index (κ2) is 9.11. The second-order valence-corrected chi connectivity index (χ2v) is 4.88. The molecule has 21 heavy (non-hydrogen) atoms. The van der Waals surface area contributed by atoms with Gasteiger partial charge in [-0.1, -0.05) is 25.7 Å². The topological polar surface area (TPSA) is 58.6 Å². The van der Waals surface area contributed by atoms with Crippen molar-refractivity contribution in [2.75, 3.05) is 26.4 Å². The minimum Gasteiger partial charge on any atom is -0.384 e. The Kier molecular flexibility index (Phi) is 7.44. The molecule has 1 amide bonds. The normalized spacial score (nSPS) is 10.1. The Balaban J connectivity index is 2.57. The van der Waals surface area contributed by atoms with Crippen molar-refractivity contribution in [2.24, 2.45) is 5.92 Å². The number of rotatable bonds is 6. The Morgan fingerprint density at radius 1 is 1.48 bits per heavy atom. The van der Waals surface area contributed by atoms with Gasteiger partial charge in [-0.05, 0) is 24.1 Å². The number of benzene rings is 1. The summed E-state index contributed by atoms with van der Waals surface area (Å²) >= 11 is 0. The summed E-state index contributed by atoms with van der Waals surface area (Å²) in [5.41, 5.74) is 0.412. The highest BCUT2D eigenvalue weighted by Gasteiger charge is 2.11. The fourth-order valence-corrected chi connectivity index (χ4v) is 1.57. The van der Waals surface area contributed by atoms with Crippen LogP contribution in [0.3, 0.4) is 0 Å². The third kappa shape index (κ3) is 6.39. The zero-order chi connectivity index (χ0) is 15.7. The van der Waals surface area contributed by atoms with E-state index in [1.807, 2.05) is 13.8 Å². The van der Waals surface area contributed by atoms with Gasteiger partial charge in [0.15, 0.2) is 0 Å². The summed E-state index contributed by atoms with van der Waals surface area (Å²) in [5, 5.41) is 11.2. The van der Waals surface area contributed by atoms with Gasteiger partial charge < -0.3 is 15.2 Å². The maximum Gasteiger partial charge on any atom is 0.254 e. The number of hydrogen-bond donors (Lipinski definition) is 2. The van der Waals surface area contributed by atoms with Crippen molar-refractivity contribution >= 4 is 5.91 Å². The molecule has 4 nitrogen and oxygen atoms in total. The molecule has 114 valence electrons. The van der Waals surface area contributed by atoms with Crippen LogP contribution >= 0.6 is 0 Å². The summed E-state index contributed by atoms with van der Waals surface area (Å²) in [6.07, 6.45) is 0. The van der Waals surface area contributed by atoms with Gasteiger partial charge in [0.1, 0.15) is 12.4 Å². The van der Waals surface area contributed by atoms with Crippen molar-refractivity contribution in [3.8, 4) is 11.8 Å². The Bertz CT molecular complexity index is 532. The van der Waals surface area contributed by atoms with E-state index < -0.39 is 11.7 Å². The number of aliphatic hydroxyl groups excluding tert-OH is 1. The molecule has 0 fully saturated rings. The molecule has 0 aliphatic carbocycles. The van der Waals surface area contributed by atoms with E-state index in [2.05, 4.69) is 17.2 Å². The Morgan fingerprint density at radius 3 is 2.90 bits per heavy atom. The fraction of sp³-hybridized carbons (Fsp3) is 0.438. The number of amides is 1. The maximum atomic E-state index is 13.6. The van der Waals surface area contributed by atoms with Gasteiger partial charge in [-0.3, -0.25) is 4.79 Å². The van der Waals surface area contributed by atoms with Crippen LogP contribution in [0.5, 0.6) is 0 Å². The van der Waals surface area contributed by atoms with Crippen LogP contribution in [0.4, 0.5) is 4.39 Å². The summed E-state index contributed by atoms with van der Waals surface area (Å²) in [6.45, 7) is 5.11. The Hall–Kier alpha value is -1.90. The van der Waals surface area contributed by atoms with Gasteiger partial charge in [0.05, 0.1) is 12.2 Å². The lowest BCUT2D eigenvalue weighted by atomic mass is 10.1. The molecule has 0 aliphatic heterocycles. The molecule has 0 aliphatic rings. The van der Waals surface area contributed by atoms with Gasteiger partial charge in [0.25, 0.3) is 5.91 Å². The molecule has 0 atom stereocenters. The second-order valence-electron chi connectivity index (χ2n) is 4.88. The average Bonchev–Trinajstić information content (AvgIpc) is 2.45. The van der Waals surface area contributed by atoms with Crippen molar-refractivity contribution in [3.05, 3.63) is 35.1 Å². The molecule has 0 saturated heterocycles. The lowest BCUT2D eigenvalue weighted by Gasteiger charge is -2.09. The van der Waals surface area contributed by atoms with E-state index in [1.54, 1.807) is 0 Å². The summed E-state index contributed by atoms with van der Waals surface area (Å²) in [4.78, 5) is 11.9. The van der Waals surface area contributed by atoms with Crippen LogP contribution in [0, 0.1) is 23.6 Å². The third-order valence-electron chi connectivity index (χ3n) is 2.51. The van der Waals surface area contributed by atoms with Crippen LogP contribution in [0.25, 0.3) is 0 Å². The van der Waals surface area contributed by atoms with Gasteiger partial charge in [-0.15, -0.1) is 0 Å². The largest absolute Gasteiger partial charge is 0.384 e. The summed E-state index contributed by atoms with van der Waals surface area (Å²) in [5.74, 6) is 4.40. The van der Waals surface area contributed by atoms with Gasteiger partial charge in [-0.2, -0.15) is 0 Å². The zero-order valence-corrected chi connectivity index (χ0v) is 12.3. The highest BCUT2D eigenvalue weighted by Crippen LogP contribution is 2.10. The molecule has 0 aromatic heterocycles. The van der Waals surface area contributed by atoms with Gasteiger partial charge in [0.2, 0.25) is 0 Å². The number of ether oxygens (including phenoxy) is 1. The standard InChI is InChI=1S/C16H20FNO3/c1-12(2)11-21-9-7-18-16(20)14-10-13(4-3-8-19)5-6-15(14)17/h5-6,10,12,19H,7-9,11H2,1-2H3,(H,18,20). The van der Waals surface area contributed by atoms with E-state index in [9.17, 15) is 9.18 Å². The molecule has 1 aromatic carbocycles. The number of halogens is 1. The van der Waals surface area contributed by atoms with Gasteiger partial charge >= 0.3 is 0 Å². The molecule has 0 heterocycles. The number of aliphatic hydroxyl groups is 1. The SMILES string of the molecule is CC(C)COCCNC(=O)c1cc(C#CCO)ccc1F. The number of hydrogen-bond acceptors (Lipinski definition) is 3. The quantitative estimate of drug-likeness (QED) is 0.618. The Labute approximate surface area is 124 Å². The first kappa shape index (κ1) is 17.2. The summed E-state index contributed by atoms with van der Waals surface area (Å²) < 4.78 is 19.0. The van der Waals surface area contributed by atoms with Gasteiger partial charge in [-0.25, -0.2) is 4.39 Å². The maximum absolute atomic E-state index is 13.6. The van der Waals surface area contributed by atoms with Crippen molar-refractivity contribution in [1.82, 2.24) is 5.32 Å². The van der Waals surface area contributed by atoms with Crippen LogP contribution < -0.4 is 5.32 Å². The van der Waals surface area contributed by atoms with Crippen LogP contribution in [-0.4, -0.2) is 37.4 Å². The van der Waals surface area contributed by atoms with Crippen LogP contribution in [-0.2, 0) is 4.74 Å². The molecule has 1 aromatic rings. The van der Waals surface area contributed by atoms with Crippen molar-refractivity contribution in [1.29, 1.82) is 0 Å². The molecular formula is C16H20FNO3. The zero-order valence-electron chi connectivity index (χ0n) is 12.3. The predicted molar refractivity (Wildman–Crippen MR) is 78.4 cm³/mol. The first-order valence-corrected chi connectivity index (χ1v) is 6.79. The smallest absolute Gasteiger partial charge is 0.254 e. The Morgan fingerprint density at radius 2 is 2.24 bits per heavy atom. The molecule has 5 heteroatoms. The molecule has 0 radical (unpaired) electrons. The van der Waals surface area contributed by atoms with Crippen LogP contribution in [0.2, 0.25) is 0 Å². The number of nitrogens with one attached hydrogen (secondary N) is 1. The van der Waals surface area contributed by atoms with E-state index in [0.717, 1.165) is 0 Å². The van der Waals surface area contributed by atoms with Crippen molar-refractivity contribution in [2.45, 2.75) is 13.8 Å². The van der Waals surface area contributed by atoms with Gasteiger partial charge in [0, 0.05) is 18.7 Å². The van der Waals surface area contributed by atoms with E-state index in [0.29, 0.717) is 31.2 Å². The highest BCUT2D eigenvalue weighted by molar-refractivity contribution is 5.94. The third-order valence-corrected chi connectivity index (χ3v) is 2.51. The molecule has 1 rings (SSSR count). The van der Waals surface area contributed by atoms with E-state index >= 15 is 0 Å². The van der Waals surface area contributed by atoms with Crippen molar-refractivity contribution in [3.63, 3.8) is 0 Å². The first-order valence-electron chi connectivity index (χ1n) is 6.79. The van der Waals surface area contributed by atoms with E-state index in [-0.39, 0.29) is 12.2 Å². The molecule has 0 saturated carbocycles. The molecular weight excluding hydrogens is 273 g/mol. The van der Waals surface area contributed by atoms with E-state index in [4.69, 9.17) is 9.84 Å². The minimum atomic E-state index is -0.606. The molecule has 0 unspecified atom stereocenters. The molecule has 0 bridgehead atoms. The van der Waals surface area contributed by atoms with Crippen LogP contribution in [0.1, 0.15) is 29.8 Å². The lowest BCUT2D eigenvalue weighted by molar-refractivity contribution is 0.0883. The summed E-state index contributed by atoms with van der Waals surface area (Å²) in [6, 6.07) is 4.01. The van der Waals surface area contributed by atoms with Crippen LogP contribution in [0.15, 0.2) is 18.2 Å². The average molecular weight is 293 g/mol. The van der Waals surface area contributed by atoms with Crippen molar-refractivity contribution < 1.29 is 19.0 Å². The predicted octanol–water partition coefficient (Wildman–Crippen LogP) is 1.57. The first-order chi connectivity index (χ1) is 10.0. The summed E-state index contributed by atoms with van der Waals surface area (Å²) in [7, 11) is 0. The fourth-order valence-electron chi connectivity index (χ4n) is 1.57. The minimum absolute atomic E-state index is 0.0661. The number of carbonyl (C=O) groups is 1. The number of carbonyl (C=O) groups excluding carboxylic acids is 1. The molecule has 2 N–H and O–H groups in total.